The Morgan fingerprint density at radius 2 is 2.13 bits per heavy atom. The molecule has 0 radical (unpaired) electrons. The van der Waals surface area contributed by atoms with Crippen LogP contribution in [0.5, 0.6) is 5.75 Å². The van der Waals surface area contributed by atoms with Crippen LogP contribution in [0.3, 0.4) is 0 Å². The molecule has 82 valence electrons. The molecule has 0 amide bonds. The van der Waals surface area contributed by atoms with E-state index < -0.39 is 0 Å². The average molecular weight is 227 g/mol. The van der Waals surface area contributed by atoms with Crippen molar-refractivity contribution < 1.29 is 4.74 Å². The van der Waals surface area contributed by atoms with E-state index in [4.69, 9.17) is 27.8 Å². The first kappa shape index (κ1) is 10.7. The standard InChI is InChI=1S/C11H15ClN2O/c1-15-7-2-3-8(9(12)6-7)10(13)11(14)4-5-11/h2-3,6,10H,4-5,13-14H2,1H3. The normalized spacial score (nSPS) is 19.7. The summed E-state index contributed by atoms with van der Waals surface area (Å²) in [6.07, 6.45) is 1.94. The van der Waals surface area contributed by atoms with E-state index in [9.17, 15) is 0 Å². The van der Waals surface area contributed by atoms with Gasteiger partial charge >= 0.3 is 0 Å². The molecule has 2 rings (SSSR count). The Kier molecular flexibility index (Phi) is 2.63. The maximum Gasteiger partial charge on any atom is 0.120 e. The summed E-state index contributed by atoms with van der Waals surface area (Å²) in [4.78, 5) is 0. The Hall–Kier alpha value is -0.770. The van der Waals surface area contributed by atoms with Crippen LogP contribution in [-0.2, 0) is 0 Å². The van der Waals surface area contributed by atoms with E-state index in [0.717, 1.165) is 24.2 Å². The van der Waals surface area contributed by atoms with Crippen LogP contribution in [0.1, 0.15) is 24.4 Å². The lowest BCUT2D eigenvalue weighted by Crippen LogP contribution is -2.36. The van der Waals surface area contributed by atoms with Crippen LogP contribution in [0.4, 0.5) is 0 Å². The van der Waals surface area contributed by atoms with Gasteiger partial charge in [0.2, 0.25) is 0 Å². The zero-order chi connectivity index (χ0) is 11.1. The van der Waals surface area contributed by atoms with Gasteiger partial charge in [-0.25, -0.2) is 0 Å². The third-order valence-electron chi connectivity index (χ3n) is 2.99. The number of benzene rings is 1. The summed E-state index contributed by atoms with van der Waals surface area (Å²) in [5.74, 6) is 0.734. The molecule has 4 heteroatoms. The maximum absolute atomic E-state index is 6.12. The van der Waals surface area contributed by atoms with Crippen molar-refractivity contribution in [3.8, 4) is 5.75 Å². The highest BCUT2D eigenvalue weighted by Gasteiger charge is 2.45. The molecule has 1 aliphatic carbocycles. The molecule has 3 nitrogen and oxygen atoms in total. The van der Waals surface area contributed by atoms with Crippen LogP contribution in [0.2, 0.25) is 5.02 Å². The molecule has 1 aliphatic rings. The van der Waals surface area contributed by atoms with Crippen LogP contribution < -0.4 is 16.2 Å². The van der Waals surface area contributed by atoms with E-state index in [0.29, 0.717) is 5.02 Å². The third-order valence-corrected chi connectivity index (χ3v) is 3.32. The van der Waals surface area contributed by atoms with Crippen molar-refractivity contribution in [1.82, 2.24) is 0 Å². The third kappa shape index (κ3) is 1.95. The maximum atomic E-state index is 6.12. The number of hydrogen-bond donors (Lipinski definition) is 2. The molecule has 0 aromatic heterocycles. The lowest BCUT2D eigenvalue weighted by molar-refractivity contribution is 0.414. The summed E-state index contributed by atoms with van der Waals surface area (Å²) in [5, 5.41) is 0.624. The molecule has 1 atom stereocenters. The van der Waals surface area contributed by atoms with E-state index in [1.54, 1.807) is 13.2 Å². The van der Waals surface area contributed by atoms with Crippen LogP contribution in [0, 0.1) is 0 Å². The number of methoxy groups -OCH3 is 1. The summed E-state index contributed by atoms with van der Waals surface area (Å²) in [7, 11) is 1.61. The number of ether oxygens (including phenoxy) is 1. The second kappa shape index (κ2) is 3.67. The molecule has 4 N–H and O–H groups in total. The Balaban J connectivity index is 2.28. The SMILES string of the molecule is COc1ccc(C(N)C2(N)CC2)c(Cl)c1. The number of nitrogens with two attached hydrogens (primary N) is 2. The first-order valence-electron chi connectivity index (χ1n) is 4.95. The van der Waals surface area contributed by atoms with E-state index in [1.165, 1.54) is 0 Å². The van der Waals surface area contributed by atoms with Gasteiger partial charge < -0.3 is 16.2 Å². The van der Waals surface area contributed by atoms with Gasteiger partial charge in [-0.1, -0.05) is 17.7 Å². The van der Waals surface area contributed by atoms with Gasteiger partial charge in [-0.15, -0.1) is 0 Å². The summed E-state index contributed by atoms with van der Waals surface area (Å²) in [5.41, 5.74) is 12.8. The molecule has 0 aliphatic heterocycles. The van der Waals surface area contributed by atoms with Gasteiger partial charge in [-0.05, 0) is 30.5 Å². The van der Waals surface area contributed by atoms with E-state index in [2.05, 4.69) is 0 Å². The molecular formula is C11H15ClN2O. The van der Waals surface area contributed by atoms with Crippen molar-refractivity contribution in [3.05, 3.63) is 28.8 Å². The van der Waals surface area contributed by atoms with E-state index >= 15 is 0 Å². The van der Waals surface area contributed by atoms with Crippen LogP contribution >= 0.6 is 11.6 Å². The number of halogens is 1. The Morgan fingerprint density at radius 3 is 2.60 bits per heavy atom. The van der Waals surface area contributed by atoms with Crippen molar-refractivity contribution in [2.24, 2.45) is 11.5 Å². The highest BCUT2D eigenvalue weighted by Crippen LogP contribution is 2.44. The van der Waals surface area contributed by atoms with Gasteiger partial charge in [-0.2, -0.15) is 0 Å². The predicted molar refractivity (Wildman–Crippen MR) is 61.1 cm³/mol. The minimum absolute atomic E-state index is 0.184. The van der Waals surface area contributed by atoms with Gasteiger partial charge in [0.05, 0.1) is 7.11 Å². The van der Waals surface area contributed by atoms with Crippen molar-refractivity contribution >= 4 is 11.6 Å². The molecular weight excluding hydrogens is 212 g/mol. The summed E-state index contributed by atoms with van der Waals surface area (Å²) in [6, 6.07) is 5.32. The Labute approximate surface area is 94.3 Å². The Bertz CT molecular complexity index is 377. The van der Waals surface area contributed by atoms with Crippen LogP contribution in [-0.4, -0.2) is 12.6 Å². The smallest absolute Gasteiger partial charge is 0.120 e. The fraction of sp³-hybridized carbons (Fsp3) is 0.455. The van der Waals surface area contributed by atoms with Gasteiger partial charge in [0, 0.05) is 16.6 Å². The van der Waals surface area contributed by atoms with E-state index in [1.807, 2.05) is 12.1 Å². The highest BCUT2D eigenvalue weighted by atomic mass is 35.5. The minimum Gasteiger partial charge on any atom is -0.497 e. The number of rotatable bonds is 3. The first-order chi connectivity index (χ1) is 7.07. The van der Waals surface area contributed by atoms with Crippen molar-refractivity contribution in [2.75, 3.05) is 7.11 Å². The Morgan fingerprint density at radius 1 is 1.47 bits per heavy atom. The second-order valence-corrected chi connectivity index (χ2v) is 4.51. The first-order valence-corrected chi connectivity index (χ1v) is 5.32. The molecule has 0 saturated heterocycles. The lowest BCUT2D eigenvalue weighted by Gasteiger charge is -2.20. The number of hydrogen-bond acceptors (Lipinski definition) is 3. The average Bonchev–Trinajstić information content (AvgIpc) is 2.96. The van der Waals surface area contributed by atoms with Crippen LogP contribution in [0.25, 0.3) is 0 Å². The molecule has 0 bridgehead atoms. The van der Waals surface area contributed by atoms with Crippen molar-refractivity contribution in [3.63, 3.8) is 0 Å². The fourth-order valence-electron chi connectivity index (χ4n) is 1.65. The molecule has 15 heavy (non-hydrogen) atoms. The zero-order valence-electron chi connectivity index (χ0n) is 8.66. The highest BCUT2D eigenvalue weighted by molar-refractivity contribution is 6.31. The second-order valence-electron chi connectivity index (χ2n) is 4.10. The molecule has 1 unspecified atom stereocenters. The van der Waals surface area contributed by atoms with Crippen LogP contribution in [0.15, 0.2) is 18.2 Å². The summed E-state index contributed by atoms with van der Waals surface area (Å²) in [6.45, 7) is 0. The summed E-state index contributed by atoms with van der Waals surface area (Å²) < 4.78 is 5.07. The monoisotopic (exact) mass is 226 g/mol. The van der Waals surface area contributed by atoms with Gasteiger partial charge in [0.1, 0.15) is 5.75 Å². The van der Waals surface area contributed by atoms with Crippen molar-refractivity contribution in [1.29, 1.82) is 0 Å². The molecule has 0 spiro atoms. The molecule has 0 heterocycles. The lowest BCUT2D eigenvalue weighted by atomic mass is 9.99. The predicted octanol–water partition coefficient (Wildman–Crippen LogP) is 1.84. The summed E-state index contributed by atoms with van der Waals surface area (Å²) >= 11 is 6.12. The molecule has 1 aromatic carbocycles. The van der Waals surface area contributed by atoms with Crippen molar-refractivity contribution in [2.45, 2.75) is 24.4 Å². The fourth-order valence-corrected chi connectivity index (χ4v) is 1.94. The molecule has 1 saturated carbocycles. The minimum atomic E-state index is -0.252. The van der Waals surface area contributed by atoms with Gasteiger partial charge in [0.15, 0.2) is 0 Å². The molecule has 1 aromatic rings. The topological polar surface area (TPSA) is 61.3 Å². The zero-order valence-corrected chi connectivity index (χ0v) is 9.42. The van der Waals surface area contributed by atoms with E-state index in [-0.39, 0.29) is 11.6 Å². The van der Waals surface area contributed by atoms with Gasteiger partial charge in [-0.3, -0.25) is 0 Å². The van der Waals surface area contributed by atoms with Gasteiger partial charge in [0.25, 0.3) is 0 Å². The largest absolute Gasteiger partial charge is 0.497 e. The molecule has 1 fully saturated rings. The quantitative estimate of drug-likeness (QED) is 0.827.